The minimum absolute atomic E-state index is 0.229. The summed E-state index contributed by atoms with van der Waals surface area (Å²) >= 11 is 0. The molecule has 0 unspecified atom stereocenters. The van der Waals surface area contributed by atoms with E-state index in [0.29, 0.717) is 5.82 Å². The first-order chi connectivity index (χ1) is 9.41. The lowest BCUT2D eigenvalue weighted by Crippen LogP contribution is -2.07. The average molecular weight is 283 g/mol. The summed E-state index contributed by atoms with van der Waals surface area (Å²) in [6.45, 7) is 0. The van der Waals surface area contributed by atoms with Gasteiger partial charge in [0.15, 0.2) is 11.6 Å². The fraction of sp³-hybridized carbons (Fsp3) is 0.167. The largest absolute Gasteiger partial charge is 0.416 e. The summed E-state index contributed by atoms with van der Waals surface area (Å²) < 4.78 is 37.8. The highest BCUT2D eigenvalue weighted by atomic mass is 19.4. The number of alkyl halides is 3. The molecule has 0 fully saturated rings. The Balaban J connectivity index is 2.31. The second-order valence-electron chi connectivity index (χ2n) is 3.94. The molecular weight excluding hydrogens is 271 g/mol. The number of rotatable bonds is 3. The first-order valence-electron chi connectivity index (χ1n) is 5.64. The number of hydrogen-bond acceptors (Lipinski definition) is 5. The van der Waals surface area contributed by atoms with Crippen LogP contribution in [0.25, 0.3) is 0 Å². The standard InChI is InChI=1S/C12H12F3N5/c1-17-10-9(16)11(19-6-18-10)20-8-4-2-3-7(5-8)12(13,14)15/h2-6H,16H2,1H3,(H2,17,18,19,20). The molecule has 5 nitrogen and oxygen atoms in total. The van der Waals surface area contributed by atoms with Crippen LogP contribution in [0.3, 0.4) is 0 Å². The molecule has 0 saturated heterocycles. The highest BCUT2D eigenvalue weighted by Crippen LogP contribution is 2.32. The quantitative estimate of drug-likeness (QED) is 0.807. The maximum atomic E-state index is 12.6. The summed E-state index contributed by atoms with van der Waals surface area (Å²) in [5.74, 6) is 0.637. The minimum Gasteiger partial charge on any atom is -0.393 e. The van der Waals surface area contributed by atoms with E-state index >= 15 is 0 Å². The predicted molar refractivity (Wildman–Crippen MR) is 70.7 cm³/mol. The van der Waals surface area contributed by atoms with Crippen LogP contribution >= 0.6 is 0 Å². The minimum atomic E-state index is -4.40. The molecule has 0 aliphatic rings. The summed E-state index contributed by atoms with van der Waals surface area (Å²) in [5, 5.41) is 5.50. The molecule has 0 spiro atoms. The van der Waals surface area contributed by atoms with Crippen LogP contribution in [-0.2, 0) is 6.18 Å². The molecule has 0 bridgehead atoms. The molecule has 0 radical (unpaired) electrons. The van der Waals surface area contributed by atoms with Gasteiger partial charge in [-0.2, -0.15) is 13.2 Å². The van der Waals surface area contributed by atoms with Crippen LogP contribution < -0.4 is 16.4 Å². The number of anilines is 4. The first-order valence-corrected chi connectivity index (χ1v) is 5.64. The van der Waals surface area contributed by atoms with Gasteiger partial charge < -0.3 is 16.4 Å². The number of aromatic nitrogens is 2. The topological polar surface area (TPSA) is 75.9 Å². The van der Waals surface area contributed by atoms with Gasteiger partial charge in [-0.1, -0.05) is 6.07 Å². The summed E-state index contributed by atoms with van der Waals surface area (Å²) in [6, 6.07) is 4.78. The van der Waals surface area contributed by atoms with E-state index < -0.39 is 11.7 Å². The first kappa shape index (κ1) is 13.9. The molecular formula is C12H12F3N5. The third-order valence-corrected chi connectivity index (χ3v) is 2.57. The van der Waals surface area contributed by atoms with Crippen molar-refractivity contribution in [2.24, 2.45) is 0 Å². The molecule has 1 aromatic carbocycles. The molecule has 2 rings (SSSR count). The molecule has 1 aromatic heterocycles. The fourth-order valence-corrected chi connectivity index (χ4v) is 1.60. The van der Waals surface area contributed by atoms with Crippen molar-refractivity contribution in [2.45, 2.75) is 6.18 Å². The maximum Gasteiger partial charge on any atom is 0.416 e. The lowest BCUT2D eigenvalue weighted by atomic mass is 10.2. The van der Waals surface area contributed by atoms with Crippen LogP contribution in [-0.4, -0.2) is 17.0 Å². The molecule has 0 aliphatic heterocycles. The zero-order chi connectivity index (χ0) is 14.8. The Kier molecular flexibility index (Phi) is 3.64. The molecule has 4 N–H and O–H groups in total. The normalized spacial score (nSPS) is 11.2. The number of nitrogens with one attached hydrogen (secondary N) is 2. The van der Waals surface area contributed by atoms with Crippen molar-refractivity contribution in [1.29, 1.82) is 0 Å². The lowest BCUT2D eigenvalue weighted by molar-refractivity contribution is -0.137. The van der Waals surface area contributed by atoms with E-state index in [2.05, 4.69) is 20.6 Å². The molecule has 1 heterocycles. The van der Waals surface area contributed by atoms with Crippen LogP contribution in [0.4, 0.5) is 36.2 Å². The van der Waals surface area contributed by atoms with Gasteiger partial charge in [-0.15, -0.1) is 0 Å². The second kappa shape index (κ2) is 5.24. The molecule has 0 atom stereocenters. The Morgan fingerprint density at radius 3 is 2.50 bits per heavy atom. The highest BCUT2D eigenvalue weighted by Gasteiger charge is 2.30. The summed E-state index contributed by atoms with van der Waals surface area (Å²) in [6.07, 6.45) is -3.14. The van der Waals surface area contributed by atoms with Gasteiger partial charge in [0.05, 0.1) is 5.56 Å². The average Bonchev–Trinajstić information content (AvgIpc) is 2.40. The Bertz CT molecular complexity index is 612. The number of benzene rings is 1. The SMILES string of the molecule is CNc1ncnc(Nc2cccc(C(F)(F)F)c2)c1N. The number of nitrogens with two attached hydrogens (primary N) is 1. The number of halogens is 3. The zero-order valence-corrected chi connectivity index (χ0v) is 10.5. The van der Waals surface area contributed by atoms with E-state index in [4.69, 9.17) is 5.73 Å². The Morgan fingerprint density at radius 2 is 1.85 bits per heavy atom. The molecule has 2 aromatic rings. The maximum absolute atomic E-state index is 12.6. The molecule has 0 saturated carbocycles. The van der Waals surface area contributed by atoms with Gasteiger partial charge >= 0.3 is 6.18 Å². The van der Waals surface area contributed by atoms with Crippen molar-refractivity contribution >= 4 is 23.0 Å². The van der Waals surface area contributed by atoms with Gasteiger partial charge in [0.1, 0.15) is 12.0 Å². The van der Waals surface area contributed by atoms with Gasteiger partial charge in [-0.05, 0) is 18.2 Å². The van der Waals surface area contributed by atoms with Crippen molar-refractivity contribution in [2.75, 3.05) is 23.4 Å². The number of nitrogen functional groups attached to an aromatic ring is 1. The summed E-state index contributed by atoms with van der Waals surface area (Å²) in [4.78, 5) is 7.79. The van der Waals surface area contributed by atoms with Crippen molar-refractivity contribution in [3.63, 3.8) is 0 Å². The molecule has 0 aliphatic carbocycles. The van der Waals surface area contributed by atoms with E-state index in [-0.39, 0.29) is 17.2 Å². The molecule has 0 amide bonds. The van der Waals surface area contributed by atoms with Crippen LogP contribution in [0.2, 0.25) is 0 Å². The van der Waals surface area contributed by atoms with Gasteiger partial charge in [0, 0.05) is 12.7 Å². The fourth-order valence-electron chi connectivity index (χ4n) is 1.60. The van der Waals surface area contributed by atoms with E-state index in [1.54, 1.807) is 7.05 Å². The van der Waals surface area contributed by atoms with Crippen LogP contribution in [0.1, 0.15) is 5.56 Å². The third-order valence-electron chi connectivity index (χ3n) is 2.57. The van der Waals surface area contributed by atoms with Gasteiger partial charge in [0.2, 0.25) is 0 Å². The molecule has 8 heteroatoms. The van der Waals surface area contributed by atoms with Crippen LogP contribution in [0.15, 0.2) is 30.6 Å². The van der Waals surface area contributed by atoms with E-state index in [1.807, 2.05) is 0 Å². The molecule has 106 valence electrons. The monoisotopic (exact) mass is 283 g/mol. The van der Waals surface area contributed by atoms with Crippen molar-refractivity contribution in [3.8, 4) is 0 Å². The third kappa shape index (κ3) is 2.90. The van der Waals surface area contributed by atoms with Crippen molar-refractivity contribution in [1.82, 2.24) is 9.97 Å². The van der Waals surface area contributed by atoms with Gasteiger partial charge in [-0.25, -0.2) is 9.97 Å². The highest BCUT2D eigenvalue weighted by molar-refractivity contribution is 5.77. The molecule has 20 heavy (non-hydrogen) atoms. The van der Waals surface area contributed by atoms with Gasteiger partial charge in [-0.3, -0.25) is 0 Å². The van der Waals surface area contributed by atoms with E-state index in [9.17, 15) is 13.2 Å². The summed E-state index contributed by atoms with van der Waals surface area (Å²) in [7, 11) is 1.63. The Hall–Kier alpha value is -2.51. The Labute approximate surface area is 113 Å². The zero-order valence-electron chi connectivity index (χ0n) is 10.5. The second-order valence-corrected chi connectivity index (χ2v) is 3.94. The number of nitrogens with zero attached hydrogens (tertiary/aromatic N) is 2. The van der Waals surface area contributed by atoms with Crippen molar-refractivity contribution < 1.29 is 13.2 Å². The lowest BCUT2D eigenvalue weighted by Gasteiger charge is -2.12. The van der Waals surface area contributed by atoms with E-state index in [0.717, 1.165) is 12.1 Å². The van der Waals surface area contributed by atoms with E-state index in [1.165, 1.54) is 18.5 Å². The van der Waals surface area contributed by atoms with Crippen LogP contribution in [0.5, 0.6) is 0 Å². The van der Waals surface area contributed by atoms with Crippen molar-refractivity contribution in [3.05, 3.63) is 36.2 Å². The van der Waals surface area contributed by atoms with Gasteiger partial charge in [0.25, 0.3) is 0 Å². The predicted octanol–water partition coefficient (Wildman–Crippen LogP) is 2.86. The number of hydrogen-bond donors (Lipinski definition) is 3. The van der Waals surface area contributed by atoms with Crippen LogP contribution in [0, 0.1) is 0 Å². The summed E-state index contributed by atoms with van der Waals surface area (Å²) in [5.41, 5.74) is 5.52. The Morgan fingerprint density at radius 1 is 1.15 bits per heavy atom. The smallest absolute Gasteiger partial charge is 0.393 e.